The van der Waals surface area contributed by atoms with E-state index >= 15 is 0 Å². The molecule has 0 aromatic heterocycles. The molecule has 1 aliphatic rings. The Morgan fingerprint density at radius 1 is 1.37 bits per heavy atom. The molecule has 0 aliphatic heterocycles. The van der Waals surface area contributed by atoms with Crippen LogP contribution in [0.4, 0.5) is 0 Å². The first kappa shape index (κ1) is 15.4. The Labute approximate surface area is 116 Å². The van der Waals surface area contributed by atoms with E-state index in [-0.39, 0.29) is 11.3 Å². The minimum atomic E-state index is -0.0156. The summed E-state index contributed by atoms with van der Waals surface area (Å²) >= 11 is 0. The van der Waals surface area contributed by atoms with Crippen LogP contribution in [-0.2, 0) is 4.79 Å². The van der Waals surface area contributed by atoms with Crippen molar-refractivity contribution in [2.24, 2.45) is 10.4 Å². The Morgan fingerprint density at radius 2 is 2.00 bits per heavy atom. The lowest BCUT2D eigenvalue weighted by Crippen LogP contribution is -2.33. The average molecular weight is 260 g/mol. The topological polar surface area (TPSA) is 41.5 Å². The molecule has 0 spiro atoms. The van der Waals surface area contributed by atoms with Gasteiger partial charge < -0.3 is 5.32 Å². The molecule has 104 valence electrons. The molecule has 3 nitrogen and oxygen atoms in total. The van der Waals surface area contributed by atoms with Gasteiger partial charge in [0.1, 0.15) is 0 Å². The molecule has 0 bridgehead atoms. The van der Waals surface area contributed by atoms with Gasteiger partial charge in [0.25, 0.3) is 5.91 Å². The van der Waals surface area contributed by atoms with Crippen LogP contribution in [0, 0.1) is 5.41 Å². The molecule has 0 radical (unpaired) electrons. The molecule has 1 rings (SSSR count). The molecule has 0 aromatic carbocycles. The Balaban J connectivity index is 2.95. The highest BCUT2D eigenvalue weighted by atomic mass is 16.1. The summed E-state index contributed by atoms with van der Waals surface area (Å²) in [7, 11) is 1.77. The van der Waals surface area contributed by atoms with Crippen molar-refractivity contribution in [1.82, 2.24) is 5.32 Å². The summed E-state index contributed by atoms with van der Waals surface area (Å²) in [6.07, 6.45) is 5.75. The summed E-state index contributed by atoms with van der Waals surface area (Å²) in [6, 6.07) is 0. The van der Waals surface area contributed by atoms with Gasteiger partial charge in [-0.1, -0.05) is 26.8 Å². The molecule has 19 heavy (non-hydrogen) atoms. The molecule has 1 amide bonds. The third-order valence-electron chi connectivity index (χ3n) is 3.05. The third-order valence-corrected chi connectivity index (χ3v) is 3.05. The number of carbonyl (C=O) groups is 1. The first-order valence-corrected chi connectivity index (χ1v) is 6.61. The van der Waals surface area contributed by atoms with Gasteiger partial charge in [-0.3, -0.25) is 9.79 Å². The van der Waals surface area contributed by atoms with Crippen molar-refractivity contribution in [3.05, 3.63) is 34.9 Å². The van der Waals surface area contributed by atoms with Crippen molar-refractivity contribution in [3.63, 3.8) is 0 Å². The summed E-state index contributed by atoms with van der Waals surface area (Å²) in [5.74, 6) is -0.0156. The number of hydrogen-bond donors (Lipinski definition) is 1. The fourth-order valence-corrected chi connectivity index (χ4v) is 1.96. The maximum atomic E-state index is 12.2. The molecule has 0 atom stereocenters. The molecule has 3 heteroatoms. The maximum absolute atomic E-state index is 12.2. The van der Waals surface area contributed by atoms with Crippen molar-refractivity contribution in [2.75, 3.05) is 13.6 Å². The fourth-order valence-electron chi connectivity index (χ4n) is 1.96. The lowest BCUT2D eigenvalue weighted by Gasteiger charge is -2.21. The van der Waals surface area contributed by atoms with Gasteiger partial charge in [-0.2, -0.15) is 0 Å². The standard InChI is InChI=1S/C16H24N2O/c1-7-12-11(2)13(8-9-14(12)17-6)15(19)18-10-16(3,4)5/h7-9H,10H2,1-6H3,(H,18,19)/b12-7-,17-14?. The van der Waals surface area contributed by atoms with Crippen LogP contribution >= 0.6 is 0 Å². The van der Waals surface area contributed by atoms with Gasteiger partial charge in [-0.05, 0) is 42.6 Å². The van der Waals surface area contributed by atoms with Crippen LogP contribution in [0.25, 0.3) is 0 Å². The second kappa shape index (κ2) is 6.00. The van der Waals surface area contributed by atoms with E-state index in [0.717, 1.165) is 22.4 Å². The van der Waals surface area contributed by atoms with Crippen molar-refractivity contribution < 1.29 is 4.79 Å². The van der Waals surface area contributed by atoms with E-state index < -0.39 is 0 Å². The van der Waals surface area contributed by atoms with Crippen molar-refractivity contribution in [1.29, 1.82) is 0 Å². The van der Waals surface area contributed by atoms with Crippen LogP contribution < -0.4 is 5.32 Å². The number of nitrogens with zero attached hydrogens (tertiary/aromatic N) is 1. The van der Waals surface area contributed by atoms with Gasteiger partial charge in [0.2, 0.25) is 0 Å². The van der Waals surface area contributed by atoms with Crippen LogP contribution in [-0.4, -0.2) is 25.2 Å². The molecule has 1 aliphatic carbocycles. The quantitative estimate of drug-likeness (QED) is 0.814. The number of aliphatic imine (C=N–C) groups is 1. The van der Waals surface area contributed by atoms with E-state index in [1.165, 1.54) is 0 Å². The Morgan fingerprint density at radius 3 is 2.47 bits per heavy atom. The van der Waals surface area contributed by atoms with Crippen molar-refractivity contribution >= 4 is 11.6 Å². The Kier molecular flexibility index (Phi) is 4.87. The number of carbonyl (C=O) groups excluding carboxylic acids is 1. The molecule has 0 saturated carbocycles. The second-order valence-corrected chi connectivity index (χ2v) is 5.93. The number of nitrogens with one attached hydrogen (secondary N) is 1. The molecule has 0 heterocycles. The minimum absolute atomic E-state index is 0.0156. The van der Waals surface area contributed by atoms with Gasteiger partial charge in [-0.25, -0.2) is 0 Å². The fraction of sp³-hybridized carbons (Fsp3) is 0.500. The highest BCUT2D eigenvalue weighted by molar-refractivity contribution is 6.16. The van der Waals surface area contributed by atoms with Crippen LogP contribution in [0.5, 0.6) is 0 Å². The number of amides is 1. The maximum Gasteiger partial charge on any atom is 0.251 e. The first-order chi connectivity index (χ1) is 8.80. The van der Waals surface area contributed by atoms with E-state index in [1.54, 1.807) is 7.05 Å². The predicted octanol–water partition coefficient (Wildman–Crippen LogP) is 3.05. The number of rotatable bonds is 2. The Bertz CT molecular complexity index is 485. The van der Waals surface area contributed by atoms with Crippen molar-refractivity contribution in [3.8, 4) is 0 Å². The number of allylic oxidation sites excluding steroid dienone is 4. The zero-order valence-electron chi connectivity index (χ0n) is 12.8. The van der Waals surface area contributed by atoms with E-state index in [9.17, 15) is 4.79 Å². The summed E-state index contributed by atoms with van der Waals surface area (Å²) in [5.41, 5.74) is 3.75. The minimum Gasteiger partial charge on any atom is -0.352 e. The van der Waals surface area contributed by atoms with E-state index in [4.69, 9.17) is 0 Å². The van der Waals surface area contributed by atoms with Gasteiger partial charge >= 0.3 is 0 Å². The van der Waals surface area contributed by atoms with Crippen LogP contribution in [0.1, 0.15) is 34.6 Å². The molecule has 0 aromatic rings. The summed E-state index contributed by atoms with van der Waals surface area (Å²) in [6.45, 7) is 10.9. The summed E-state index contributed by atoms with van der Waals surface area (Å²) in [4.78, 5) is 16.4. The highest BCUT2D eigenvalue weighted by Gasteiger charge is 2.20. The van der Waals surface area contributed by atoms with Gasteiger partial charge in [0.05, 0.1) is 5.71 Å². The summed E-state index contributed by atoms with van der Waals surface area (Å²) < 4.78 is 0. The zero-order valence-corrected chi connectivity index (χ0v) is 12.8. The smallest absolute Gasteiger partial charge is 0.251 e. The van der Waals surface area contributed by atoms with Gasteiger partial charge in [0, 0.05) is 19.2 Å². The lowest BCUT2D eigenvalue weighted by molar-refractivity contribution is -0.117. The van der Waals surface area contributed by atoms with E-state index in [0.29, 0.717) is 6.54 Å². The SMILES string of the molecule is C/C=C1\C(=NC)C=CC(C(=O)NCC(C)(C)C)=C1C. The second-order valence-electron chi connectivity index (χ2n) is 5.93. The van der Waals surface area contributed by atoms with Gasteiger partial charge in [0.15, 0.2) is 0 Å². The van der Waals surface area contributed by atoms with Crippen LogP contribution in [0.3, 0.4) is 0 Å². The van der Waals surface area contributed by atoms with Crippen molar-refractivity contribution in [2.45, 2.75) is 34.6 Å². The van der Waals surface area contributed by atoms with E-state index in [2.05, 4.69) is 31.1 Å². The molecular weight excluding hydrogens is 236 g/mol. The first-order valence-electron chi connectivity index (χ1n) is 6.61. The van der Waals surface area contributed by atoms with Gasteiger partial charge in [-0.15, -0.1) is 0 Å². The summed E-state index contributed by atoms with van der Waals surface area (Å²) in [5, 5.41) is 2.99. The normalized spacial score (nSPS) is 20.3. The van der Waals surface area contributed by atoms with Crippen LogP contribution in [0.2, 0.25) is 0 Å². The molecule has 0 saturated heterocycles. The third kappa shape index (κ3) is 3.91. The molecule has 1 N–H and O–H groups in total. The van der Waals surface area contributed by atoms with E-state index in [1.807, 2.05) is 32.1 Å². The lowest BCUT2D eigenvalue weighted by atomic mass is 9.90. The monoisotopic (exact) mass is 260 g/mol. The Hall–Kier alpha value is -1.64. The van der Waals surface area contributed by atoms with Crippen LogP contribution in [0.15, 0.2) is 39.9 Å². The molecular formula is C16H24N2O. The average Bonchev–Trinajstić information content (AvgIpc) is 2.34. The zero-order chi connectivity index (χ0) is 14.6. The largest absolute Gasteiger partial charge is 0.352 e. The predicted molar refractivity (Wildman–Crippen MR) is 81.4 cm³/mol. The molecule has 0 fully saturated rings. The number of hydrogen-bond acceptors (Lipinski definition) is 2. The highest BCUT2D eigenvalue weighted by Crippen LogP contribution is 2.23. The molecule has 0 unspecified atom stereocenters.